The van der Waals surface area contributed by atoms with Crippen molar-refractivity contribution in [3.05, 3.63) is 91.0 Å². The van der Waals surface area contributed by atoms with E-state index in [0.29, 0.717) is 0 Å². The van der Waals surface area contributed by atoms with Crippen molar-refractivity contribution >= 4 is 34.7 Å². The normalized spacial score (nSPS) is 12.9. The number of carboxylic acids is 1. The third kappa shape index (κ3) is 4.05. The predicted octanol–water partition coefficient (Wildman–Crippen LogP) is 3.74. The van der Waals surface area contributed by atoms with Gasteiger partial charge in [0.2, 0.25) is 0 Å². The summed E-state index contributed by atoms with van der Waals surface area (Å²) >= 11 is 0. The van der Waals surface area contributed by atoms with E-state index >= 15 is 0 Å². The summed E-state index contributed by atoms with van der Waals surface area (Å²) in [6.45, 7) is 1.84. The molecule has 0 saturated carbocycles. The molecule has 0 aliphatic rings. The fourth-order valence-corrected chi connectivity index (χ4v) is 8.59. The zero-order chi connectivity index (χ0) is 20.0. The van der Waals surface area contributed by atoms with Crippen molar-refractivity contribution in [2.75, 3.05) is 0 Å². The summed E-state index contributed by atoms with van der Waals surface area (Å²) in [7, 11) is -2.97. The van der Waals surface area contributed by atoms with E-state index in [0.717, 1.165) is 15.9 Å². The van der Waals surface area contributed by atoms with Crippen molar-refractivity contribution in [3.63, 3.8) is 0 Å². The molecule has 3 aromatic rings. The van der Waals surface area contributed by atoms with E-state index < -0.39 is 13.2 Å². The Morgan fingerprint density at radius 1 is 0.714 bits per heavy atom. The fourth-order valence-electron chi connectivity index (χ4n) is 3.89. The molecule has 0 aromatic heterocycles. The molecule has 4 heteroatoms. The number of aliphatic carboxylic acids is 1. The molecule has 0 saturated heterocycles. The Balaban J connectivity index is 2.22. The van der Waals surface area contributed by atoms with E-state index in [1.54, 1.807) is 0 Å². The van der Waals surface area contributed by atoms with Gasteiger partial charge >= 0.3 is 166 Å². The molecule has 0 spiro atoms. The average molecular weight is 392 g/mol. The molecule has 3 nitrogen and oxygen atoms in total. The number of carbonyl (C=O) groups is 2. The van der Waals surface area contributed by atoms with Crippen molar-refractivity contribution in [2.45, 2.75) is 19.8 Å². The molecule has 0 aliphatic carbocycles. The summed E-state index contributed by atoms with van der Waals surface area (Å²) in [6, 6.07) is 29.9. The van der Waals surface area contributed by atoms with Crippen LogP contribution in [0.1, 0.15) is 19.8 Å². The van der Waals surface area contributed by atoms with Crippen molar-refractivity contribution in [1.82, 2.24) is 0 Å². The molecule has 0 bridgehead atoms. The molecule has 0 aliphatic heterocycles. The van der Waals surface area contributed by atoms with Gasteiger partial charge in [0.15, 0.2) is 0 Å². The molecule has 144 valence electrons. The number of hydrogen-bond acceptors (Lipinski definition) is 2. The topological polar surface area (TPSA) is 54.4 Å². The number of hydrogen-bond donors (Lipinski definition) is 1. The van der Waals surface area contributed by atoms with Crippen molar-refractivity contribution < 1.29 is 14.7 Å². The monoisotopic (exact) mass is 392 g/mol. The van der Waals surface area contributed by atoms with Crippen LogP contribution in [0.5, 0.6) is 0 Å². The van der Waals surface area contributed by atoms with Gasteiger partial charge in [-0.15, -0.1) is 0 Å². The van der Waals surface area contributed by atoms with Gasteiger partial charge in [0, 0.05) is 0 Å². The van der Waals surface area contributed by atoms with Gasteiger partial charge in [-0.05, 0) is 0 Å². The first-order valence-corrected chi connectivity index (χ1v) is 11.5. The zero-order valence-electron chi connectivity index (χ0n) is 15.9. The Morgan fingerprint density at radius 3 is 1.39 bits per heavy atom. The maximum atomic E-state index is 13.9. The first kappa shape index (κ1) is 20.0. The Kier molecular flexibility index (Phi) is 6.38. The number of rotatable bonds is 8. The number of benzene rings is 3. The minimum absolute atomic E-state index is 0.00537. The Hall–Kier alpha value is -2.77. The van der Waals surface area contributed by atoms with E-state index in [4.69, 9.17) is 5.11 Å². The molecular formula is C24H25O3P. The van der Waals surface area contributed by atoms with Crippen LogP contribution in [0.15, 0.2) is 91.0 Å². The average Bonchev–Trinajstić information content (AvgIpc) is 2.70. The van der Waals surface area contributed by atoms with Gasteiger partial charge in [-0.2, -0.15) is 0 Å². The van der Waals surface area contributed by atoms with Gasteiger partial charge in [-0.25, -0.2) is 0 Å². The second kappa shape index (κ2) is 8.95. The molecule has 0 fully saturated rings. The van der Waals surface area contributed by atoms with Gasteiger partial charge in [-0.3, -0.25) is 0 Å². The third-order valence-electron chi connectivity index (χ3n) is 5.10. The molecule has 28 heavy (non-hydrogen) atoms. The molecular weight excluding hydrogens is 367 g/mol. The Labute approximate surface area is 166 Å². The molecule has 3 aromatic carbocycles. The van der Waals surface area contributed by atoms with Crippen molar-refractivity contribution in [2.24, 2.45) is 5.92 Å². The van der Waals surface area contributed by atoms with Gasteiger partial charge in [0.1, 0.15) is 0 Å². The van der Waals surface area contributed by atoms with Crippen LogP contribution >= 0.6 is 7.26 Å². The van der Waals surface area contributed by atoms with Crippen molar-refractivity contribution in [1.29, 1.82) is 0 Å². The molecule has 3 rings (SSSR count). The van der Waals surface area contributed by atoms with E-state index in [-0.39, 0.29) is 24.3 Å². The second-order valence-electron chi connectivity index (χ2n) is 7.18. The Bertz CT molecular complexity index is 827. The summed E-state index contributed by atoms with van der Waals surface area (Å²) in [5.41, 5.74) is 0.143. The summed E-state index contributed by atoms with van der Waals surface area (Å²) in [5.74, 6) is -1.08. The van der Waals surface area contributed by atoms with E-state index in [1.165, 1.54) is 0 Å². The van der Waals surface area contributed by atoms with Crippen molar-refractivity contribution in [3.8, 4) is 0 Å². The Morgan fingerprint density at radius 2 is 1.07 bits per heavy atom. The van der Waals surface area contributed by atoms with Gasteiger partial charge < -0.3 is 0 Å². The van der Waals surface area contributed by atoms with E-state index in [1.807, 2.05) is 97.9 Å². The van der Waals surface area contributed by atoms with E-state index in [9.17, 15) is 9.59 Å². The molecule has 1 atom stereocenters. The molecule has 1 unspecified atom stereocenters. The summed E-state index contributed by atoms with van der Waals surface area (Å²) in [6.07, 6.45) is 0.242. The van der Waals surface area contributed by atoms with Crippen LogP contribution < -0.4 is 15.9 Å². The molecule has 0 amide bonds. The standard InChI is InChI=1S/C24H25O3P/c1-19(17-23(25)26)18-24(27)28(20-11-5-2-6-12-20,21-13-7-3-8-14-21)22-15-9-4-10-16-22/h2-16,19,28H,17-18H2,1H3,(H,25,26). The predicted molar refractivity (Wildman–Crippen MR) is 118 cm³/mol. The first-order chi connectivity index (χ1) is 13.5. The summed E-state index contributed by atoms with van der Waals surface area (Å²) in [5, 5.41) is 12.2. The van der Waals surface area contributed by atoms with Gasteiger partial charge in [0.25, 0.3) is 0 Å². The SMILES string of the molecule is CC(CC(=O)O)CC(=O)[PH](c1ccccc1)(c1ccccc1)c1ccccc1. The maximum absolute atomic E-state index is 13.9. The molecule has 0 heterocycles. The number of carbonyl (C=O) groups excluding carboxylic acids is 1. The van der Waals surface area contributed by atoms with Crippen LogP contribution in [-0.4, -0.2) is 16.6 Å². The van der Waals surface area contributed by atoms with Crippen LogP contribution in [0.25, 0.3) is 0 Å². The fraction of sp³-hybridized carbons (Fsp3) is 0.167. The summed E-state index contributed by atoms with van der Waals surface area (Å²) in [4.78, 5) is 25.1. The van der Waals surface area contributed by atoms with Crippen LogP contribution in [0.2, 0.25) is 0 Å². The van der Waals surface area contributed by atoms with Crippen LogP contribution in [0.3, 0.4) is 0 Å². The zero-order valence-corrected chi connectivity index (χ0v) is 16.9. The van der Waals surface area contributed by atoms with E-state index in [2.05, 4.69) is 0 Å². The minimum atomic E-state index is -2.97. The number of carboxylic acid groups (broad SMARTS) is 1. The van der Waals surface area contributed by atoms with Crippen LogP contribution in [0.4, 0.5) is 0 Å². The second-order valence-corrected chi connectivity index (χ2v) is 11.0. The van der Waals surface area contributed by atoms with Gasteiger partial charge in [-0.1, -0.05) is 0 Å². The first-order valence-electron chi connectivity index (χ1n) is 9.46. The molecule has 0 radical (unpaired) electrons. The third-order valence-corrected chi connectivity index (χ3v) is 9.73. The van der Waals surface area contributed by atoms with Gasteiger partial charge in [0.05, 0.1) is 0 Å². The van der Waals surface area contributed by atoms with Crippen LogP contribution in [-0.2, 0) is 9.59 Å². The summed E-state index contributed by atoms with van der Waals surface area (Å²) < 4.78 is 0. The molecule has 1 N–H and O–H groups in total. The quantitative estimate of drug-likeness (QED) is 0.594. The van der Waals surface area contributed by atoms with Crippen LogP contribution in [0, 0.1) is 5.92 Å².